The Morgan fingerprint density at radius 1 is 1.43 bits per heavy atom. The third-order valence-corrected chi connectivity index (χ3v) is 4.83. The number of carboxylic acid groups (broad SMARTS) is 1. The molecule has 114 valence electrons. The molecule has 0 aliphatic heterocycles. The number of carbonyl (C=O) groups excluding carboxylic acids is 1. The summed E-state index contributed by atoms with van der Waals surface area (Å²) in [5.74, 6) is -2.68. The Kier molecular flexibility index (Phi) is 4.50. The highest BCUT2D eigenvalue weighted by molar-refractivity contribution is 14.1. The number of carbonyl (C=O) groups is 2. The molecular weight excluding hydrogens is 395 g/mol. The molecule has 0 radical (unpaired) electrons. The first-order chi connectivity index (χ1) is 9.77. The Morgan fingerprint density at radius 3 is 2.52 bits per heavy atom. The molecule has 2 N–H and O–H groups in total. The third-order valence-electron chi connectivity index (χ3n) is 3.84. The molecule has 0 heterocycles. The molecule has 3 atom stereocenters. The van der Waals surface area contributed by atoms with E-state index in [4.69, 9.17) is 0 Å². The lowest BCUT2D eigenvalue weighted by atomic mass is 10.0. The molecule has 4 nitrogen and oxygen atoms in total. The summed E-state index contributed by atoms with van der Waals surface area (Å²) in [7, 11) is 0. The van der Waals surface area contributed by atoms with Gasteiger partial charge in [0, 0.05) is 14.9 Å². The highest BCUT2D eigenvalue weighted by Crippen LogP contribution is 2.56. The van der Waals surface area contributed by atoms with Gasteiger partial charge in [-0.1, -0.05) is 25.1 Å². The van der Waals surface area contributed by atoms with Crippen molar-refractivity contribution in [2.75, 3.05) is 0 Å². The zero-order valence-corrected chi connectivity index (χ0v) is 13.3. The predicted molar refractivity (Wildman–Crippen MR) is 79.9 cm³/mol. The summed E-state index contributed by atoms with van der Waals surface area (Å²) in [4.78, 5) is 23.4. The standard InChI is InChI=1S/C14H14F2INO3/c1-14(13(15)16)6-8(14)11(19)18-10(12(20)21)7-4-2-3-5-9(7)17/h2-5,8,10,13H,6H2,1H3,(H,18,19)(H,20,21). The summed E-state index contributed by atoms with van der Waals surface area (Å²) in [6, 6.07) is 5.51. The number of aliphatic carboxylic acids is 1. The van der Waals surface area contributed by atoms with Crippen LogP contribution in [0.2, 0.25) is 0 Å². The summed E-state index contributed by atoms with van der Waals surface area (Å²) in [5.41, 5.74) is -0.893. The molecule has 1 saturated carbocycles. The van der Waals surface area contributed by atoms with Gasteiger partial charge in [0.15, 0.2) is 6.04 Å². The fourth-order valence-corrected chi connectivity index (χ4v) is 2.94. The minimum absolute atomic E-state index is 0.0781. The molecule has 0 bridgehead atoms. The number of rotatable bonds is 5. The molecule has 0 aromatic heterocycles. The average Bonchev–Trinajstić information content (AvgIpc) is 3.10. The van der Waals surface area contributed by atoms with Gasteiger partial charge in [0.25, 0.3) is 0 Å². The molecule has 2 rings (SSSR count). The Morgan fingerprint density at radius 2 is 2.05 bits per heavy atom. The van der Waals surface area contributed by atoms with E-state index in [-0.39, 0.29) is 6.42 Å². The molecular formula is C14H14F2INO3. The Balaban J connectivity index is 2.14. The van der Waals surface area contributed by atoms with Crippen molar-refractivity contribution in [3.05, 3.63) is 33.4 Å². The van der Waals surface area contributed by atoms with Crippen molar-refractivity contribution in [1.29, 1.82) is 0 Å². The first-order valence-corrected chi connectivity index (χ1v) is 7.41. The minimum Gasteiger partial charge on any atom is -0.479 e. The van der Waals surface area contributed by atoms with E-state index in [9.17, 15) is 23.5 Å². The van der Waals surface area contributed by atoms with Crippen LogP contribution in [0.4, 0.5) is 8.78 Å². The van der Waals surface area contributed by atoms with Gasteiger partial charge in [0.2, 0.25) is 12.3 Å². The molecule has 1 amide bonds. The first-order valence-electron chi connectivity index (χ1n) is 6.33. The van der Waals surface area contributed by atoms with E-state index in [0.717, 1.165) is 0 Å². The lowest BCUT2D eigenvalue weighted by molar-refractivity contribution is -0.142. The maximum atomic E-state index is 12.8. The van der Waals surface area contributed by atoms with Crippen molar-refractivity contribution in [3.8, 4) is 0 Å². The fourth-order valence-electron chi connectivity index (χ4n) is 2.24. The number of nitrogens with one attached hydrogen (secondary N) is 1. The van der Waals surface area contributed by atoms with Crippen LogP contribution in [0.3, 0.4) is 0 Å². The van der Waals surface area contributed by atoms with Gasteiger partial charge >= 0.3 is 5.97 Å². The smallest absolute Gasteiger partial charge is 0.330 e. The van der Waals surface area contributed by atoms with Crippen LogP contribution in [0, 0.1) is 14.9 Å². The van der Waals surface area contributed by atoms with E-state index in [1.807, 2.05) is 22.6 Å². The summed E-state index contributed by atoms with van der Waals surface area (Å²) in [6.45, 7) is 1.34. The van der Waals surface area contributed by atoms with Crippen molar-refractivity contribution in [2.24, 2.45) is 11.3 Å². The molecule has 0 spiro atoms. The van der Waals surface area contributed by atoms with Crippen LogP contribution in [-0.2, 0) is 9.59 Å². The minimum atomic E-state index is -2.59. The van der Waals surface area contributed by atoms with Gasteiger partial charge in [-0.15, -0.1) is 0 Å². The zero-order valence-electron chi connectivity index (χ0n) is 11.1. The lowest BCUT2D eigenvalue weighted by Crippen LogP contribution is -2.36. The quantitative estimate of drug-likeness (QED) is 0.736. The fraction of sp³-hybridized carbons (Fsp3) is 0.429. The number of alkyl halides is 2. The van der Waals surface area contributed by atoms with Crippen molar-refractivity contribution < 1.29 is 23.5 Å². The van der Waals surface area contributed by atoms with E-state index in [1.165, 1.54) is 6.92 Å². The maximum Gasteiger partial charge on any atom is 0.330 e. The maximum absolute atomic E-state index is 12.8. The number of hydrogen-bond acceptors (Lipinski definition) is 2. The SMILES string of the molecule is CC1(C(F)F)CC1C(=O)NC(C(=O)O)c1ccccc1I. The zero-order chi connectivity index (χ0) is 15.8. The molecule has 1 fully saturated rings. The molecule has 1 aromatic carbocycles. The topological polar surface area (TPSA) is 66.4 Å². The van der Waals surface area contributed by atoms with Gasteiger partial charge < -0.3 is 10.4 Å². The largest absolute Gasteiger partial charge is 0.479 e. The van der Waals surface area contributed by atoms with E-state index >= 15 is 0 Å². The summed E-state index contributed by atoms with van der Waals surface area (Å²) < 4.78 is 26.3. The van der Waals surface area contributed by atoms with Gasteiger partial charge in [0.1, 0.15) is 0 Å². The Labute approximate surface area is 134 Å². The van der Waals surface area contributed by atoms with Crippen LogP contribution in [0.25, 0.3) is 0 Å². The highest BCUT2D eigenvalue weighted by Gasteiger charge is 2.60. The monoisotopic (exact) mass is 409 g/mol. The number of amides is 1. The summed E-state index contributed by atoms with van der Waals surface area (Å²) >= 11 is 1.97. The van der Waals surface area contributed by atoms with Crippen LogP contribution in [0.1, 0.15) is 24.9 Å². The number of benzene rings is 1. The molecule has 21 heavy (non-hydrogen) atoms. The van der Waals surface area contributed by atoms with E-state index < -0.39 is 35.7 Å². The molecule has 1 aromatic rings. The van der Waals surface area contributed by atoms with E-state index in [2.05, 4.69) is 5.32 Å². The highest BCUT2D eigenvalue weighted by atomic mass is 127. The van der Waals surface area contributed by atoms with E-state index in [0.29, 0.717) is 9.13 Å². The number of halogens is 3. The second-order valence-electron chi connectivity index (χ2n) is 5.36. The number of hydrogen-bond donors (Lipinski definition) is 2. The average molecular weight is 409 g/mol. The van der Waals surface area contributed by atoms with Crippen LogP contribution in [0.5, 0.6) is 0 Å². The molecule has 0 saturated heterocycles. The molecule has 1 aliphatic rings. The van der Waals surface area contributed by atoms with Crippen LogP contribution in [0.15, 0.2) is 24.3 Å². The van der Waals surface area contributed by atoms with Crippen molar-refractivity contribution in [3.63, 3.8) is 0 Å². The van der Waals surface area contributed by atoms with Gasteiger partial charge in [-0.25, -0.2) is 13.6 Å². The third kappa shape index (κ3) is 3.17. The van der Waals surface area contributed by atoms with Crippen LogP contribution in [-0.4, -0.2) is 23.4 Å². The van der Waals surface area contributed by atoms with Crippen molar-refractivity contribution in [2.45, 2.75) is 25.8 Å². The molecule has 3 unspecified atom stereocenters. The lowest BCUT2D eigenvalue weighted by Gasteiger charge is -2.17. The van der Waals surface area contributed by atoms with E-state index in [1.54, 1.807) is 24.3 Å². The first kappa shape index (κ1) is 16.1. The second kappa shape index (κ2) is 5.86. The Bertz CT molecular complexity index is 581. The normalized spacial score (nSPS) is 25.5. The number of carboxylic acids is 1. The van der Waals surface area contributed by atoms with Gasteiger partial charge in [-0.05, 0) is 40.6 Å². The predicted octanol–water partition coefficient (Wildman–Crippen LogP) is 2.82. The Hall–Kier alpha value is -1.25. The van der Waals surface area contributed by atoms with Gasteiger partial charge in [-0.2, -0.15) is 0 Å². The van der Waals surface area contributed by atoms with Gasteiger partial charge in [0.05, 0.1) is 0 Å². The van der Waals surface area contributed by atoms with Gasteiger partial charge in [-0.3, -0.25) is 4.79 Å². The molecule has 1 aliphatic carbocycles. The van der Waals surface area contributed by atoms with Crippen LogP contribution < -0.4 is 5.32 Å². The van der Waals surface area contributed by atoms with Crippen LogP contribution >= 0.6 is 22.6 Å². The summed E-state index contributed by atoms with van der Waals surface area (Å²) in [6.07, 6.45) is -2.51. The van der Waals surface area contributed by atoms with Crippen molar-refractivity contribution in [1.82, 2.24) is 5.32 Å². The summed E-state index contributed by atoms with van der Waals surface area (Å²) in [5, 5.41) is 11.6. The second-order valence-corrected chi connectivity index (χ2v) is 6.53. The molecule has 7 heteroatoms. The van der Waals surface area contributed by atoms with Crippen molar-refractivity contribution >= 4 is 34.5 Å².